The first-order valence-corrected chi connectivity index (χ1v) is 10.4. The highest BCUT2D eigenvalue weighted by molar-refractivity contribution is 8.18. The van der Waals surface area contributed by atoms with E-state index >= 15 is 0 Å². The van der Waals surface area contributed by atoms with Gasteiger partial charge in [-0.25, -0.2) is 4.99 Å². The van der Waals surface area contributed by atoms with Gasteiger partial charge < -0.3 is 10.1 Å². The number of carbonyl (C=O) groups is 1. The van der Waals surface area contributed by atoms with Gasteiger partial charge in [0.1, 0.15) is 5.75 Å². The van der Waals surface area contributed by atoms with E-state index in [9.17, 15) is 4.79 Å². The van der Waals surface area contributed by atoms with Gasteiger partial charge >= 0.3 is 0 Å². The molecule has 0 aromatic heterocycles. The van der Waals surface area contributed by atoms with E-state index in [0.29, 0.717) is 21.7 Å². The van der Waals surface area contributed by atoms with Crippen LogP contribution in [0.5, 0.6) is 5.75 Å². The molecule has 1 aliphatic rings. The van der Waals surface area contributed by atoms with Crippen molar-refractivity contribution in [2.75, 3.05) is 6.61 Å². The maximum Gasteiger partial charge on any atom is 0.264 e. The van der Waals surface area contributed by atoms with Gasteiger partial charge in [-0.2, -0.15) is 0 Å². The standard InChI is InChI=1S/C23H19ClN2O2S/c1-3-28-20-11-9-15(17-6-4-5-7-18(17)20)12-21-22(27)26-23(29-21)25-19-13-16(24)10-8-14(19)2/h4-13H,3H2,1-2H3,(H,25,26,27)/b21-12-. The van der Waals surface area contributed by atoms with Crippen LogP contribution >= 0.6 is 23.4 Å². The topological polar surface area (TPSA) is 50.7 Å². The lowest BCUT2D eigenvalue weighted by Crippen LogP contribution is -2.19. The Labute approximate surface area is 178 Å². The molecule has 0 radical (unpaired) electrons. The number of rotatable bonds is 4. The summed E-state index contributed by atoms with van der Waals surface area (Å²) in [4.78, 5) is 17.7. The lowest BCUT2D eigenvalue weighted by atomic mass is 10.0. The molecule has 3 aromatic rings. The average molecular weight is 423 g/mol. The van der Waals surface area contributed by atoms with Gasteiger partial charge in [-0.15, -0.1) is 0 Å². The first-order valence-electron chi connectivity index (χ1n) is 9.25. The molecule has 146 valence electrons. The molecule has 1 aliphatic heterocycles. The summed E-state index contributed by atoms with van der Waals surface area (Å²) in [7, 11) is 0. The van der Waals surface area contributed by atoms with Crippen molar-refractivity contribution >= 4 is 57.0 Å². The van der Waals surface area contributed by atoms with Crippen molar-refractivity contribution in [3.63, 3.8) is 0 Å². The molecule has 1 N–H and O–H groups in total. The number of aliphatic imine (C=N–C) groups is 1. The first-order chi connectivity index (χ1) is 14.0. The second kappa shape index (κ2) is 8.31. The molecule has 29 heavy (non-hydrogen) atoms. The van der Waals surface area contributed by atoms with Crippen LogP contribution in [-0.4, -0.2) is 17.7 Å². The number of hydrogen-bond donors (Lipinski definition) is 1. The lowest BCUT2D eigenvalue weighted by molar-refractivity contribution is -0.115. The first kappa shape index (κ1) is 19.6. The molecule has 4 nitrogen and oxygen atoms in total. The van der Waals surface area contributed by atoms with E-state index in [4.69, 9.17) is 16.3 Å². The maximum atomic E-state index is 12.5. The van der Waals surface area contributed by atoms with Crippen LogP contribution in [0.2, 0.25) is 5.02 Å². The summed E-state index contributed by atoms with van der Waals surface area (Å²) in [6, 6.07) is 17.5. The normalized spacial score (nSPS) is 16.6. The summed E-state index contributed by atoms with van der Waals surface area (Å²) in [6.45, 7) is 4.53. The number of thioether (sulfide) groups is 1. The number of ether oxygens (including phenoxy) is 1. The van der Waals surface area contributed by atoms with Gasteiger partial charge in [0, 0.05) is 10.4 Å². The Morgan fingerprint density at radius 3 is 2.72 bits per heavy atom. The SMILES string of the molecule is CCOc1ccc(/C=C2\SC(=Nc3cc(Cl)ccc3C)NC2=O)c2ccccc12. The number of nitrogens with zero attached hydrogens (tertiary/aromatic N) is 1. The minimum absolute atomic E-state index is 0.161. The second-order valence-electron chi connectivity index (χ2n) is 6.54. The molecule has 1 saturated heterocycles. The molecule has 1 heterocycles. The van der Waals surface area contributed by atoms with Gasteiger partial charge in [-0.05, 0) is 66.4 Å². The van der Waals surface area contributed by atoms with Gasteiger partial charge in [0.2, 0.25) is 0 Å². The molecule has 1 amide bonds. The third-order valence-corrected chi connectivity index (χ3v) is 5.69. The van der Waals surface area contributed by atoms with Gasteiger partial charge in [0.15, 0.2) is 5.17 Å². The van der Waals surface area contributed by atoms with Crippen LogP contribution in [0.3, 0.4) is 0 Å². The molecule has 6 heteroatoms. The molecule has 0 bridgehead atoms. The van der Waals surface area contributed by atoms with Crippen LogP contribution in [0, 0.1) is 6.92 Å². The Morgan fingerprint density at radius 1 is 1.14 bits per heavy atom. The zero-order valence-corrected chi connectivity index (χ0v) is 17.6. The van der Waals surface area contributed by atoms with Crippen molar-refractivity contribution in [3.8, 4) is 5.75 Å². The van der Waals surface area contributed by atoms with E-state index in [1.165, 1.54) is 11.8 Å². The number of hydrogen-bond acceptors (Lipinski definition) is 4. The molecule has 0 saturated carbocycles. The number of nitrogens with one attached hydrogen (secondary N) is 1. The third-order valence-electron chi connectivity index (χ3n) is 4.55. The predicted octanol–water partition coefficient (Wildman–Crippen LogP) is 6.09. The molecule has 0 spiro atoms. The van der Waals surface area contributed by atoms with Gasteiger partial charge in [0.25, 0.3) is 5.91 Å². The van der Waals surface area contributed by atoms with E-state index in [-0.39, 0.29) is 5.91 Å². The highest BCUT2D eigenvalue weighted by atomic mass is 35.5. The number of amidine groups is 1. The fraction of sp³-hybridized carbons (Fsp3) is 0.130. The van der Waals surface area contributed by atoms with Gasteiger partial charge in [0.05, 0.1) is 17.2 Å². The fourth-order valence-electron chi connectivity index (χ4n) is 3.14. The summed E-state index contributed by atoms with van der Waals surface area (Å²) >= 11 is 7.39. The number of benzene rings is 3. The number of aryl methyl sites for hydroxylation is 1. The molecule has 0 aliphatic carbocycles. The van der Waals surface area contributed by atoms with Crippen molar-refractivity contribution in [1.29, 1.82) is 0 Å². The second-order valence-corrected chi connectivity index (χ2v) is 8.01. The minimum atomic E-state index is -0.161. The van der Waals surface area contributed by atoms with Crippen LogP contribution in [-0.2, 0) is 4.79 Å². The molecule has 3 aromatic carbocycles. The smallest absolute Gasteiger partial charge is 0.264 e. The Morgan fingerprint density at radius 2 is 1.93 bits per heavy atom. The molecule has 4 rings (SSSR count). The number of halogens is 1. The van der Waals surface area contributed by atoms with Crippen LogP contribution in [0.25, 0.3) is 16.8 Å². The van der Waals surface area contributed by atoms with Crippen LogP contribution in [0.1, 0.15) is 18.1 Å². The zero-order chi connectivity index (χ0) is 20.4. The molecular formula is C23H19ClN2O2S. The van der Waals surface area contributed by atoms with Crippen LogP contribution in [0.4, 0.5) is 5.69 Å². The van der Waals surface area contributed by atoms with Gasteiger partial charge in [-0.1, -0.05) is 48.0 Å². The summed E-state index contributed by atoms with van der Waals surface area (Å²) in [5, 5.41) is 6.05. The number of fused-ring (bicyclic) bond motifs is 1. The van der Waals surface area contributed by atoms with Crippen molar-refractivity contribution in [1.82, 2.24) is 5.32 Å². The monoisotopic (exact) mass is 422 g/mol. The molecular weight excluding hydrogens is 404 g/mol. The molecule has 0 unspecified atom stereocenters. The van der Waals surface area contributed by atoms with E-state index in [1.54, 1.807) is 6.07 Å². The van der Waals surface area contributed by atoms with E-state index in [2.05, 4.69) is 10.3 Å². The van der Waals surface area contributed by atoms with Crippen molar-refractivity contribution in [3.05, 3.63) is 75.7 Å². The highest BCUT2D eigenvalue weighted by Crippen LogP contribution is 2.34. The highest BCUT2D eigenvalue weighted by Gasteiger charge is 2.24. The minimum Gasteiger partial charge on any atom is -0.493 e. The summed E-state index contributed by atoms with van der Waals surface area (Å²) < 4.78 is 5.73. The van der Waals surface area contributed by atoms with Crippen molar-refractivity contribution in [2.24, 2.45) is 4.99 Å². The Balaban J connectivity index is 1.69. The average Bonchev–Trinajstić information content (AvgIpc) is 3.05. The number of carbonyl (C=O) groups excluding carboxylic acids is 1. The van der Waals surface area contributed by atoms with Gasteiger partial charge in [-0.3, -0.25) is 4.79 Å². The molecule has 1 fully saturated rings. The Hall–Kier alpha value is -2.76. The summed E-state index contributed by atoms with van der Waals surface area (Å²) in [5.41, 5.74) is 2.70. The largest absolute Gasteiger partial charge is 0.493 e. The van der Waals surface area contributed by atoms with Crippen molar-refractivity contribution < 1.29 is 9.53 Å². The molecule has 0 atom stereocenters. The van der Waals surface area contributed by atoms with Crippen LogP contribution < -0.4 is 10.1 Å². The summed E-state index contributed by atoms with van der Waals surface area (Å²) in [6.07, 6.45) is 1.89. The summed E-state index contributed by atoms with van der Waals surface area (Å²) in [5.74, 6) is 0.679. The third kappa shape index (κ3) is 4.16. The Kier molecular flexibility index (Phi) is 5.60. The maximum absolute atomic E-state index is 12.5. The Bertz CT molecular complexity index is 1170. The van der Waals surface area contributed by atoms with Crippen molar-refractivity contribution in [2.45, 2.75) is 13.8 Å². The quantitative estimate of drug-likeness (QED) is 0.517. The van der Waals surface area contributed by atoms with E-state index in [1.807, 2.05) is 68.5 Å². The van der Waals surface area contributed by atoms with E-state index in [0.717, 1.165) is 33.3 Å². The number of amides is 1. The lowest BCUT2D eigenvalue weighted by Gasteiger charge is -2.09. The van der Waals surface area contributed by atoms with E-state index < -0.39 is 0 Å². The zero-order valence-electron chi connectivity index (χ0n) is 16.0. The fourth-order valence-corrected chi connectivity index (χ4v) is 4.13. The van der Waals surface area contributed by atoms with Crippen LogP contribution in [0.15, 0.2) is 64.5 Å². The predicted molar refractivity (Wildman–Crippen MR) is 122 cm³/mol.